The average molecular weight is 514 g/mol. The van der Waals surface area contributed by atoms with Crippen LogP contribution in [0, 0.1) is 0 Å². The highest BCUT2D eigenvalue weighted by atomic mass is 35.5. The summed E-state index contributed by atoms with van der Waals surface area (Å²) in [6.45, 7) is 3.74. The lowest BCUT2D eigenvalue weighted by atomic mass is 10.2. The van der Waals surface area contributed by atoms with Crippen LogP contribution in [0.15, 0.2) is 53.6 Å². The molecule has 4 aromatic rings. The molecule has 182 valence electrons. The third-order valence-electron chi connectivity index (χ3n) is 4.94. The van der Waals surface area contributed by atoms with Crippen LogP contribution in [0.4, 0.5) is 11.5 Å². The molecule has 1 amide bonds. The number of rotatable bonds is 10. The Hall–Kier alpha value is -3.47. The van der Waals surface area contributed by atoms with Crippen LogP contribution < -0.4 is 20.1 Å². The number of aliphatic hydroxyl groups excluding tert-OH is 1. The Balaban J connectivity index is 1.50. The van der Waals surface area contributed by atoms with Crippen molar-refractivity contribution in [3.63, 3.8) is 0 Å². The van der Waals surface area contributed by atoms with Gasteiger partial charge in [-0.3, -0.25) is 4.79 Å². The maximum absolute atomic E-state index is 11.7. The zero-order valence-corrected chi connectivity index (χ0v) is 20.6. The van der Waals surface area contributed by atoms with E-state index in [9.17, 15) is 9.90 Å². The van der Waals surface area contributed by atoms with Gasteiger partial charge in [-0.2, -0.15) is 0 Å². The molecule has 0 radical (unpaired) electrons. The summed E-state index contributed by atoms with van der Waals surface area (Å²) in [5.41, 5.74) is 4.00. The van der Waals surface area contributed by atoms with E-state index in [1.165, 1.54) is 24.6 Å². The maximum atomic E-state index is 11.7. The predicted octanol–water partition coefficient (Wildman–Crippen LogP) is 4.33. The highest BCUT2D eigenvalue weighted by molar-refractivity contribution is 7.07. The van der Waals surface area contributed by atoms with Crippen molar-refractivity contribution < 1.29 is 19.4 Å². The first-order chi connectivity index (χ1) is 16.9. The average Bonchev–Trinajstić information content (AvgIpc) is 3.36. The van der Waals surface area contributed by atoms with Crippen molar-refractivity contribution in [3.05, 3.63) is 64.3 Å². The summed E-state index contributed by atoms with van der Waals surface area (Å²) in [6, 6.07) is 10.6. The van der Waals surface area contributed by atoms with Gasteiger partial charge in [0.1, 0.15) is 43.0 Å². The van der Waals surface area contributed by atoms with Gasteiger partial charge in [0.05, 0.1) is 33.2 Å². The summed E-state index contributed by atoms with van der Waals surface area (Å²) in [7, 11) is 0. The number of hydrogen-bond acceptors (Lipinski definition) is 9. The summed E-state index contributed by atoms with van der Waals surface area (Å²) in [6.07, 6.45) is 0.377. The second kappa shape index (κ2) is 11.3. The van der Waals surface area contributed by atoms with Crippen molar-refractivity contribution in [1.29, 1.82) is 0 Å². The lowest BCUT2D eigenvalue weighted by molar-refractivity contribution is -0.129. The van der Waals surface area contributed by atoms with Crippen LogP contribution in [-0.4, -0.2) is 44.7 Å². The third kappa shape index (κ3) is 6.36. The lowest BCUT2D eigenvalue weighted by Gasteiger charge is -2.18. The normalized spacial score (nSPS) is 12.7. The van der Waals surface area contributed by atoms with Crippen molar-refractivity contribution >= 4 is 51.3 Å². The highest BCUT2D eigenvalue weighted by Crippen LogP contribution is 2.34. The Kier molecular flexibility index (Phi) is 7.96. The number of nitrogens with zero attached hydrogens (tertiary/aromatic N) is 3. The van der Waals surface area contributed by atoms with Gasteiger partial charge in [0.15, 0.2) is 0 Å². The van der Waals surface area contributed by atoms with E-state index in [4.69, 9.17) is 21.1 Å². The quantitative estimate of drug-likeness (QED) is 0.287. The van der Waals surface area contributed by atoms with Crippen molar-refractivity contribution in [2.45, 2.75) is 32.6 Å². The molecule has 0 aliphatic carbocycles. The van der Waals surface area contributed by atoms with Gasteiger partial charge >= 0.3 is 0 Å². The third-order valence-corrected chi connectivity index (χ3v) is 5.87. The fourth-order valence-corrected chi connectivity index (χ4v) is 3.98. The van der Waals surface area contributed by atoms with Gasteiger partial charge in [0.2, 0.25) is 5.91 Å². The molecule has 35 heavy (non-hydrogen) atoms. The molecule has 0 aliphatic heterocycles. The molecule has 3 N–H and O–H groups in total. The Bertz CT molecular complexity index is 1300. The van der Waals surface area contributed by atoms with Gasteiger partial charge in [-0.15, -0.1) is 11.3 Å². The Labute approximate surface area is 211 Å². The number of anilines is 2. The van der Waals surface area contributed by atoms with Crippen LogP contribution in [0.25, 0.3) is 10.9 Å². The molecule has 4 rings (SSSR count). The molecular formula is C24H24ClN5O4S. The molecule has 0 spiro atoms. The fourth-order valence-electron chi connectivity index (χ4n) is 3.21. The van der Waals surface area contributed by atoms with Gasteiger partial charge in [-0.05, 0) is 44.2 Å². The molecule has 2 heterocycles. The molecule has 2 atom stereocenters. The first-order valence-corrected chi connectivity index (χ1v) is 12.1. The van der Waals surface area contributed by atoms with Crippen molar-refractivity contribution in [3.8, 4) is 11.5 Å². The zero-order valence-electron chi connectivity index (χ0n) is 19.1. The zero-order chi connectivity index (χ0) is 24.8. The van der Waals surface area contributed by atoms with E-state index in [1.807, 2.05) is 29.6 Å². The Morgan fingerprint density at radius 2 is 2.00 bits per heavy atom. The van der Waals surface area contributed by atoms with Crippen LogP contribution in [0.2, 0.25) is 5.02 Å². The van der Waals surface area contributed by atoms with Gasteiger partial charge in [0.25, 0.3) is 0 Å². The van der Waals surface area contributed by atoms with E-state index < -0.39 is 12.0 Å². The fraction of sp³-hybridized carbons (Fsp3) is 0.250. The lowest BCUT2D eigenvalue weighted by Crippen LogP contribution is -2.41. The SMILES string of the molecule is CC(COc1cccc2ncnc(Nc3ccc(OCc4cscn4)c(Cl)c3)c12)NC(=O)C(C)O. The Morgan fingerprint density at radius 1 is 1.14 bits per heavy atom. The summed E-state index contributed by atoms with van der Waals surface area (Å²) < 4.78 is 11.7. The number of carbonyl (C=O) groups is 1. The number of hydrogen-bond donors (Lipinski definition) is 3. The van der Waals surface area contributed by atoms with Crippen molar-refractivity contribution in [2.24, 2.45) is 0 Å². The van der Waals surface area contributed by atoms with Crippen molar-refractivity contribution in [1.82, 2.24) is 20.3 Å². The smallest absolute Gasteiger partial charge is 0.248 e. The largest absolute Gasteiger partial charge is 0.491 e. The monoisotopic (exact) mass is 513 g/mol. The van der Waals surface area contributed by atoms with E-state index in [0.29, 0.717) is 45.5 Å². The van der Waals surface area contributed by atoms with Gasteiger partial charge in [-0.1, -0.05) is 17.7 Å². The molecule has 0 saturated carbocycles. The minimum atomic E-state index is -1.09. The predicted molar refractivity (Wildman–Crippen MR) is 135 cm³/mol. The standard InChI is InChI=1S/C24H24ClN5O4S/c1-14(29-24(32)15(2)31)9-33-21-5-3-4-19-22(21)23(27-12-26-19)30-16-6-7-20(18(25)8-16)34-10-17-11-35-13-28-17/h3-8,11-15,31H,9-10H2,1-2H3,(H,29,32)(H,26,27,30). The number of thiazole rings is 1. The molecule has 2 aromatic heterocycles. The number of fused-ring (bicyclic) bond motifs is 1. The number of aliphatic hydroxyl groups is 1. The summed E-state index contributed by atoms with van der Waals surface area (Å²) >= 11 is 7.95. The number of carbonyl (C=O) groups excluding carboxylic acids is 1. The van der Waals surface area contributed by atoms with E-state index in [2.05, 4.69) is 25.6 Å². The van der Waals surface area contributed by atoms with Crippen LogP contribution >= 0.6 is 22.9 Å². The summed E-state index contributed by atoms with van der Waals surface area (Å²) in [5.74, 6) is 1.19. The summed E-state index contributed by atoms with van der Waals surface area (Å²) in [4.78, 5) is 24.7. The molecule has 11 heteroatoms. The molecular weight excluding hydrogens is 490 g/mol. The van der Waals surface area contributed by atoms with E-state index in [0.717, 1.165) is 5.69 Å². The van der Waals surface area contributed by atoms with E-state index >= 15 is 0 Å². The topological polar surface area (TPSA) is 118 Å². The minimum absolute atomic E-state index is 0.197. The Morgan fingerprint density at radius 3 is 2.74 bits per heavy atom. The molecule has 2 unspecified atom stereocenters. The molecule has 2 aromatic carbocycles. The summed E-state index contributed by atoms with van der Waals surface area (Å²) in [5, 5.41) is 18.4. The van der Waals surface area contributed by atoms with Crippen LogP contribution in [0.5, 0.6) is 11.5 Å². The maximum Gasteiger partial charge on any atom is 0.248 e. The second-order valence-electron chi connectivity index (χ2n) is 7.81. The first kappa shape index (κ1) is 24.6. The molecule has 0 fully saturated rings. The second-order valence-corrected chi connectivity index (χ2v) is 8.93. The first-order valence-electron chi connectivity index (χ1n) is 10.8. The van der Waals surface area contributed by atoms with E-state index in [1.54, 1.807) is 24.6 Å². The number of amides is 1. The molecule has 9 nitrogen and oxygen atoms in total. The number of halogens is 1. The number of benzene rings is 2. The van der Waals surface area contributed by atoms with Crippen LogP contribution in [0.3, 0.4) is 0 Å². The number of nitrogens with one attached hydrogen (secondary N) is 2. The van der Waals surface area contributed by atoms with Gasteiger partial charge < -0.3 is 25.2 Å². The van der Waals surface area contributed by atoms with Crippen LogP contribution in [-0.2, 0) is 11.4 Å². The molecule has 0 aliphatic rings. The van der Waals surface area contributed by atoms with Crippen LogP contribution in [0.1, 0.15) is 19.5 Å². The number of aromatic nitrogens is 3. The molecule has 0 saturated heterocycles. The number of ether oxygens (including phenoxy) is 2. The van der Waals surface area contributed by atoms with E-state index in [-0.39, 0.29) is 12.6 Å². The van der Waals surface area contributed by atoms with Crippen molar-refractivity contribution in [2.75, 3.05) is 11.9 Å². The van der Waals surface area contributed by atoms with Gasteiger partial charge in [-0.25, -0.2) is 15.0 Å². The molecule has 0 bridgehead atoms. The van der Waals surface area contributed by atoms with Gasteiger partial charge in [0, 0.05) is 11.1 Å². The minimum Gasteiger partial charge on any atom is -0.491 e. The highest BCUT2D eigenvalue weighted by Gasteiger charge is 2.15.